The summed E-state index contributed by atoms with van der Waals surface area (Å²) in [4.78, 5) is -0.187. The quantitative estimate of drug-likeness (QED) is 0.584. The molecule has 0 aliphatic heterocycles. The molecule has 0 saturated carbocycles. The molecule has 94 valence electrons. The molecular formula is C12H12N2O3S. The maximum Gasteiger partial charge on any atom is 0.296 e. The third-order valence-corrected chi connectivity index (χ3v) is 3.31. The van der Waals surface area contributed by atoms with E-state index < -0.39 is 10.1 Å². The van der Waals surface area contributed by atoms with E-state index in [0.717, 1.165) is 0 Å². The number of hydrogen-bond acceptors (Lipinski definition) is 4. The number of benzene rings is 2. The van der Waals surface area contributed by atoms with E-state index in [1.807, 2.05) is 0 Å². The summed E-state index contributed by atoms with van der Waals surface area (Å²) in [5.41, 5.74) is 7.09. The number of hydrogen-bond donors (Lipinski definition) is 3. The van der Waals surface area contributed by atoms with Crippen LogP contribution in [-0.2, 0) is 10.1 Å². The lowest BCUT2D eigenvalue weighted by molar-refractivity contribution is 0.483. The highest BCUT2D eigenvalue weighted by molar-refractivity contribution is 7.86. The Hall–Kier alpha value is -2.05. The van der Waals surface area contributed by atoms with Gasteiger partial charge in [0, 0.05) is 0 Å². The van der Waals surface area contributed by atoms with Crippen molar-refractivity contribution in [3.8, 4) is 0 Å². The Morgan fingerprint density at radius 1 is 0.944 bits per heavy atom. The standard InChI is InChI=1S/C12H12N2O3S/c13-9-5-1-2-6-10(9)14-11-7-3-4-8-12(11)18(15,16)17/h1-8,14H,13H2,(H,15,16,17). The minimum Gasteiger partial charge on any atom is -0.397 e. The third-order valence-electron chi connectivity index (χ3n) is 2.40. The smallest absolute Gasteiger partial charge is 0.296 e. The monoisotopic (exact) mass is 264 g/mol. The van der Waals surface area contributed by atoms with Crippen LogP contribution in [0.15, 0.2) is 53.4 Å². The Morgan fingerprint density at radius 3 is 2.11 bits per heavy atom. The SMILES string of the molecule is Nc1ccccc1Nc1ccccc1S(=O)(=O)O. The van der Waals surface area contributed by atoms with E-state index in [-0.39, 0.29) is 10.6 Å². The van der Waals surface area contributed by atoms with Gasteiger partial charge in [0.25, 0.3) is 10.1 Å². The van der Waals surface area contributed by atoms with Crippen LogP contribution < -0.4 is 11.1 Å². The molecule has 0 saturated heterocycles. The van der Waals surface area contributed by atoms with Crippen molar-refractivity contribution < 1.29 is 13.0 Å². The number of para-hydroxylation sites is 3. The second-order valence-corrected chi connectivity index (χ2v) is 5.07. The topological polar surface area (TPSA) is 92.4 Å². The third kappa shape index (κ3) is 2.61. The zero-order chi connectivity index (χ0) is 13.2. The molecule has 0 aromatic heterocycles. The normalized spacial score (nSPS) is 11.2. The number of anilines is 3. The largest absolute Gasteiger partial charge is 0.397 e. The molecule has 18 heavy (non-hydrogen) atoms. The molecule has 0 atom stereocenters. The predicted molar refractivity (Wildman–Crippen MR) is 70.4 cm³/mol. The number of nitrogen functional groups attached to an aromatic ring is 1. The first-order valence-corrected chi connectivity index (χ1v) is 6.60. The molecule has 2 aromatic carbocycles. The van der Waals surface area contributed by atoms with Gasteiger partial charge in [-0.25, -0.2) is 0 Å². The van der Waals surface area contributed by atoms with Gasteiger partial charge < -0.3 is 11.1 Å². The van der Waals surface area contributed by atoms with E-state index in [1.165, 1.54) is 12.1 Å². The summed E-state index contributed by atoms with van der Waals surface area (Å²) in [6, 6.07) is 13.0. The van der Waals surface area contributed by atoms with Crippen LogP contribution in [0.4, 0.5) is 17.1 Å². The molecule has 0 radical (unpaired) electrons. The van der Waals surface area contributed by atoms with Crippen LogP contribution in [0.3, 0.4) is 0 Å². The molecular weight excluding hydrogens is 252 g/mol. The van der Waals surface area contributed by atoms with Gasteiger partial charge in [-0.05, 0) is 24.3 Å². The molecule has 0 aliphatic carbocycles. The van der Waals surface area contributed by atoms with Crippen LogP contribution in [0.2, 0.25) is 0 Å². The van der Waals surface area contributed by atoms with Crippen LogP contribution in [-0.4, -0.2) is 13.0 Å². The molecule has 5 nitrogen and oxygen atoms in total. The van der Waals surface area contributed by atoms with Crippen molar-refractivity contribution in [2.75, 3.05) is 11.1 Å². The highest BCUT2D eigenvalue weighted by Crippen LogP contribution is 2.27. The predicted octanol–water partition coefficient (Wildman–Crippen LogP) is 2.26. The van der Waals surface area contributed by atoms with Gasteiger partial charge in [0.15, 0.2) is 0 Å². The molecule has 2 rings (SSSR count). The fourth-order valence-electron chi connectivity index (χ4n) is 1.55. The van der Waals surface area contributed by atoms with Gasteiger partial charge in [0.1, 0.15) is 4.90 Å². The second-order valence-electron chi connectivity index (χ2n) is 3.68. The number of rotatable bonds is 3. The lowest BCUT2D eigenvalue weighted by atomic mass is 10.2. The first kappa shape index (κ1) is 12.4. The van der Waals surface area contributed by atoms with E-state index in [2.05, 4.69) is 5.32 Å². The summed E-state index contributed by atoms with van der Waals surface area (Å²) in [6.07, 6.45) is 0. The van der Waals surface area contributed by atoms with E-state index in [1.54, 1.807) is 36.4 Å². The van der Waals surface area contributed by atoms with Gasteiger partial charge in [-0.3, -0.25) is 4.55 Å². The zero-order valence-corrected chi connectivity index (χ0v) is 10.2. The van der Waals surface area contributed by atoms with Gasteiger partial charge in [-0.15, -0.1) is 0 Å². The number of nitrogens with one attached hydrogen (secondary N) is 1. The molecule has 0 amide bonds. The van der Waals surface area contributed by atoms with Crippen molar-refractivity contribution in [2.45, 2.75) is 4.90 Å². The van der Waals surface area contributed by atoms with Crippen molar-refractivity contribution in [1.29, 1.82) is 0 Å². The summed E-state index contributed by atoms with van der Waals surface area (Å²) < 4.78 is 31.5. The van der Waals surface area contributed by atoms with Crippen LogP contribution in [0.5, 0.6) is 0 Å². The summed E-state index contributed by atoms with van der Waals surface area (Å²) in [6.45, 7) is 0. The summed E-state index contributed by atoms with van der Waals surface area (Å²) >= 11 is 0. The molecule has 4 N–H and O–H groups in total. The first-order valence-electron chi connectivity index (χ1n) is 5.16. The number of nitrogens with two attached hydrogens (primary N) is 1. The van der Waals surface area contributed by atoms with Crippen molar-refractivity contribution in [2.24, 2.45) is 0 Å². The van der Waals surface area contributed by atoms with Crippen molar-refractivity contribution in [3.63, 3.8) is 0 Å². The molecule has 0 bridgehead atoms. The summed E-state index contributed by atoms with van der Waals surface area (Å²) in [5, 5.41) is 2.88. The molecule has 6 heteroatoms. The van der Waals surface area contributed by atoms with Crippen molar-refractivity contribution in [3.05, 3.63) is 48.5 Å². The van der Waals surface area contributed by atoms with Crippen molar-refractivity contribution >= 4 is 27.2 Å². The fraction of sp³-hybridized carbons (Fsp3) is 0. The fourth-order valence-corrected chi connectivity index (χ4v) is 2.20. The van der Waals surface area contributed by atoms with Crippen LogP contribution in [0.25, 0.3) is 0 Å². The molecule has 2 aromatic rings. The molecule has 0 spiro atoms. The Balaban J connectivity index is 2.45. The van der Waals surface area contributed by atoms with Gasteiger partial charge in [0.2, 0.25) is 0 Å². The highest BCUT2D eigenvalue weighted by atomic mass is 32.2. The average Bonchev–Trinajstić information content (AvgIpc) is 2.31. The minimum atomic E-state index is -4.27. The van der Waals surface area contributed by atoms with E-state index >= 15 is 0 Å². The van der Waals surface area contributed by atoms with E-state index in [0.29, 0.717) is 11.4 Å². The first-order chi connectivity index (χ1) is 8.48. The Bertz CT molecular complexity index is 669. The summed E-state index contributed by atoms with van der Waals surface area (Å²) in [7, 11) is -4.27. The molecule has 0 fully saturated rings. The molecule has 0 heterocycles. The maximum absolute atomic E-state index is 11.2. The van der Waals surface area contributed by atoms with Crippen LogP contribution in [0.1, 0.15) is 0 Å². The lowest BCUT2D eigenvalue weighted by Crippen LogP contribution is -2.04. The molecule has 0 unspecified atom stereocenters. The van der Waals surface area contributed by atoms with Gasteiger partial charge in [-0.2, -0.15) is 8.42 Å². The summed E-state index contributed by atoms with van der Waals surface area (Å²) in [5.74, 6) is 0. The van der Waals surface area contributed by atoms with Crippen molar-refractivity contribution in [1.82, 2.24) is 0 Å². The Labute approximate surface area is 105 Å². The van der Waals surface area contributed by atoms with E-state index in [9.17, 15) is 8.42 Å². The van der Waals surface area contributed by atoms with E-state index in [4.69, 9.17) is 10.3 Å². The molecule has 0 aliphatic rings. The second kappa shape index (κ2) is 4.67. The Morgan fingerprint density at radius 2 is 1.50 bits per heavy atom. The zero-order valence-electron chi connectivity index (χ0n) is 9.37. The van der Waals surface area contributed by atoms with Gasteiger partial charge >= 0.3 is 0 Å². The lowest BCUT2D eigenvalue weighted by Gasteiger charge is -2.11. The van der Waals surface area contributed by atoms with Crippen LogP contribution >= 0.6 is 0 Å². The Kier molecular flexibility index (Phi) is 3.22. The minimum absolute atomic E-state index is 0.187. The van der Waals surface area contributed by atoms with Crippen LogP contribution in [0, 0.1) is 0 Å². The maximum atomic E-state index is 11.2. The average molecular weight is 264 g/mol. The van der Waals surface area contributed by atoms with Gasteiger partial charge in [-0.1, -0.05) is 24.3 Å². The van der Waals surface area contributed by atoms with Gasteiger partial charge in [0.05, 0.1) is 17.1 Å². The highest BCUT2D eigenvalue weighted by Gasteiger charge is 2.14.